The van der Waals surface area contributed by atoms with Crippen molar-refractivity contribution in [2.75, 3.05) is 26.7 Å². The SMILES string of the molecule is CNC[C@@H]1Oc2ncc(C3=CCCCC3)cc2C(=O)N([C@H](C)CO)C[C@@H]1C. The van der Waals surface area contributed by atoms with Gasteiger partial charge in [0.2, 0.25) is 5.88 Å². The summed E-state index contributed by atoms with van der Waals surface area (Å²) in [6, 6.07) is 1.67. The summed E-state index contributed by atoms with van der Waals surface area (Å²) in [5.74, 6) is 0.389. The van der Waals surface area contributed by atoms with Gasteiger partial charge >= 0.3 is 0 Å². The fraction of sp³-hybridized carbons (Fsp3) is 0.619. The third-order valence-electron chi connectivity index (χ3n) is 5.59. The number of carbonyl (C=O) groups excluding carboxylic acids is 1. The molecule has 148 valence electrons. The molecule has 6 heteroatoms. The number of aliphatic hydroxyl groups excluding tert-OH is 1. The standard InChI is InChI=1S/C21H31N3O3/c1-14-12-24(15(2)13-25)21(26)18-9-17(16-7-5-4-6-8-16)10-23-20(18)27-19(14)11-22-3/h7,9-10,14-15,19,22,25H,4-6,8,11-13H2,1-3H3/t14-,15+,19-/m0/s1. The van der Waals surface area contributed by atoms with Crippen molar-refractivity contribution in [2.24, 2.45) is 5.92 Å². The van der Waals surface area contributed by atoms with Crippen LogP contribution in [0, 0.1) is 5.92 Å². The van der Waals surface area contributed by atoms with E-state index in [0.29, 0.717) is 24.5 Å². The first-order valence-electron chi connectivity index (χ1n) is 9.97. The highest BCUT2D eigenvalue weighted by Gasteiger charge is 2.33. The van der Waals surface area contributed by atoms with Gasteiger partial charge in [0.05, 0.1) is 12.6 Å². The summed E-state index contributed by atoms with van der Waals surface area (Å²) < 4.78 is 6.16. The van der Waals surface area contributed by atoms with Crippen molar-refractivity contribution in [2.45, 2.75) is 51.7 Å². The Hall–Kier alpha value is -1.92. The highest BCUT2D eigenvalue weighted by molar-refractivity contribution is 5.97. The van der Waals surface area contributed by atoms with Gasteiger partial charge in [-0.2, -0.15) is 0 Å². The number of aromatic nitrogens is 1. The molecule has 0 saturated carbocycles. The number of amides is 1. The number of aliphatic hydroxyl groups is 1. The van der Waals surface area contributed by atoms with Crippen molar-refractivity contribution >= 4 is 11.5 Å². The van der Waals surface area contributed by atoms with Gasteiger partial charge in [-0.05, 0) is 56.9 Å². The van der Waals surface area contributed by atoms with E-state index in [9.17, 15) is 9.90 Å². The van der Waals surface area contributed by atoms with E-state index in [-0.39, 0.29) is 30.6 Å². The van der Waals surface area contributed by atoms with Gasteiger partial charge in [0.25, 0.3) is 5.91 Å². The summed E-state index contributed by atoms with van der Waals surface area (Å²) in [4.78, 5) is 19.6. The number of ether oxygens (including phenoxy) is 1. The maximum Gasteiger partial charge on any atom is 0.259 e. The third-order valence-corrected chi connectivity index (χ3v) is 5.59. The van der Waals surface area contributed by atoms with Gasteiger partial charge in [0, 0.05) is 25.2 Å². The van der Waals surface area contributed by atoms with Crippen molar-refractivity contribution in [1.82, 2.24) is 15.2 Å². The largest absolute Gasteiger partial charge is 0.472 e. The monoisotopic (exact) mass is 373 g/mol. The zero-order valence-corrected chi connectivity index (χ0v) is 16.6. The fourth-order valence-corrected chi connectivity index (χ4v) is 3.82. The summed E-state index contributed by atoms with van der Waals surface area (Å²) in [6.07, 6.45) is 8.46. The van der Waals surface area contributed by atoms with Gasteiger partial charge in [-0.25, -0.2) is 4.98 Å². The average Bonchev–Trinajstić information content (AvgIpc) is 2.70. The van der Waals surface area contributed by atoms with Crippen molar-refractivity contribution < 1.29 is 14.6 Å². The lowest BCUT2D eigenvalue weighted by molar-refractivity contribution is 0.0404. The van der Waals surface area contributed by atoms with Gasteiger partial charge in [-0.3, -0.25) is 4.79 Å². The Labute approximate surface area is 161 Å². The zero-order valence-electron chi connectivity index (χ0n) is 16.6. The van der Waals surface area contributed by atoms with E-state index in [1.54, 1.807) is 4.90 Å². The molecule has 0 unspecified atom stereocenters. The summed E-state index contributed by atoms with van der Waals surface area (Å²) in [5.41, 5.74) is 2.75. The number of hydrogen-bond donors (Lipinski definition) is 2. The lowest BCUT2D eigenvalue weighted by atomic mass is 9.93. The van der Waals surface area contributed by atoms with Gasteiger partial charge in [0.1, 0.15) is 11.7 Å². The molecule has 1 aliphatic heterocycles. The van der Waals surface area contributed by atoms with Crippen LogP contribution >= 0.6 is 0 Å². The van der Waals surface area contributed by atoms with Crippen molar-refractivity contribution in [3.63, 3.8) is 0 Å². The van der Waals surface area contributed by atoms with E-state index < -0.39 is 0 Å². The first-order valence-corrected chi connectivity index (χ1v) is 9.97. The maximum atomic E-state index is 13.3. The minimum atomic E-state index is -0.251. The molecule has 1 aromatic rings. The number of fused-ring (bicyclic) bond motifs is 1. The van der Waals surface area contributed by atoms with E-state index in [0.717, 1.165) is 18.4 Å². The average molecular weight is 373 g/mol. The zero-order chi connectivity index (χ0) is 19.4. The highest BCUT2D eigenvalue weighted by atomic mass is 16.5. The van der Waals surface area contributed by atoms with Crippen molar-refractivity contribution in [3.05, 3.63) is 29.5 Å². The highest BCUT2D eigenvalue weighted by Crippen LogP contribution is 2.31. The van der Waals surface area contributed by atoms with Crippen LogP contribution in [0.4, 0.5) is 0 Å². The van der Waals surface area contributed by atoms with Crippen LogP contribution in [-0.2, 0) is 0 Å². The van der Waals surface area contributed by atoms with Crippen LogP contribution in [0.2, 0.25) is 0 Å². The van der Waals surface area contributed by atoms with E-state index in [1.807, 2.05) is 26.2 Å². The molecule has 0 spiro atoms. The van der Waals surface area contributed by atoms with Crippen LogP contribution in [0.25, 0.3) is 5.57 Å². The van der Waals surface area contributed by atoms with E-state index in [2.05, 4.69) is 23.3 Å². The Balaban J connectivity index is 2.02. The number of carbonyl (C=O) groups is 1. The number of nitrogens with one attached hydrogen (secondary N) is 1. The molecule has 1 aliphatic carbocycles. The summed E-state index contributed by atoms with van der Waals surface area (Å²) in [7, 11) is 1.89. The topological polar surface area (TPSA) is 74.7 Å². The molecule has 3 atom stereocenters. The minimum Gasteiger partial charge on any atom is -0.472 e. The number of hydrogen-bond acceptors (Lipinski definition) is 5. The first-order chi connectivity index (χ1) is 13.0. The van der Waals surface area contributed by atoms with Crippen LogP contribution in [0.15, 0.2) is 18.3 Å². The fourth-order valence-electron chi connectivity index (χ4n) is 3.82. The number of nitrogens with zero attached hydrogens (tertiary/aromatic N) is 2. The van der Waals surface area contributed by atoms with Gasteiger partial charge in [0.15, 0.2) is 0 Å². The number of likely N-dealkylation sites (N-methyl/N-ethyl adjacent to an activating group) is 1. The Kier molecular flexibility index (Phi) is 6.50. The predicted octanol–water partition coefficient (Wildman–Crippen LogP) is 2.48. The van der Waals surface area contributed by atoms with Crippen molar-refractivity contribution in [1.29, 1.82) is 0 Å². The van der Waals surface area contributed by atoms with Crippen LogP contribution in [-0.4, -0.2) is 59.8 Å². The summed E-state index contributed by atoms with van der Waals surface area (Å²) >= 11 is 0. The lowest BCUT2D eigenvalue weighted by Gasteiger charge is -2.36. The Morgan fingerprint density at radius 1 is 1.44 bits per heavy atom. The van der Waals surface area contributed by atoms with Gasteiger partial charge in [-0.15, -0.1) is 0 Å². The molecule has 0 radical (unpaired) electrons. The predicted molar refractivity (Wildman–Crippen MR) is 106 cm³/mol. The van der Waals surface area contributed by atoms with Crippen LogP contribution < -0.4 is 10.1 Å². The van der Waals surface area contributed by atoms with Crippen LogP contribution in [0.3, 0.4) is 0 Å². The Bertz CT molecular complexity index is 704. The molecule has 2 aliphatic rings. The molecule has 27 heavy (non-hydrogen) atoms. The first kappa shape index (κ1) is 19.8. The molecule has 2 heterocycles. The summed E-state index contributed by atoms with van der Waals surface area (Å²) in [5, 5.41) is 12.8. The minimum absolute atomic E-state index is 0.0659. The third kappa shape index (κ3) is 4.33. The van der Waals surface area contributed by atoms with Crippen molar-refractivity contribution in [3.8, 4) is 5.88 Å². The molecule has 0 saturated heterocycles. The maximum absolute atomic E-state index is 13.3. The van der Waals surface area contributed by atoms with Crippen LogP contribution in [0.5, 0.6) is 5.88 Å². The molecular formula is C21H31N3O3. The van der Waals surface area contributed by atoms with Gasteiger partial charge < -0.3 is 20.1 Å². The number of rotatable bonds is 5. The normalized spacial score (nSPS) is 24.4. The molecule has 0 aromatic carbocycles. The number of allylic oxidation sites excluding steroid dienone is 2. The van der Waals surface area contributed by atoms with E-state index >= 15 is 0 Å². The van der Waals surface area contributed by atoms with Gasteiger partial charge in [-0.1, -0.05) is 13.0 Å². The second-order valence-electron chi connectivity index (χ2n) is 7.73. The van der Waals surface area contributed by atoms with Crippen LogP contribution in [0.1, 0.15) is 55.5 Å². The molecular weight excluding hydrogens is 342 g/mol. The molecule has 6 nitrogen and oxygen atoms in total. The molecule has 0 fully saturated rings. The second-order valence-corrected chi connectivity index (χ2v) is 7.73. The van der Waals surface area contributed by atoms with E-state index in [1.165, 1.54) is 18.4 Å². The van der Waals surface area contributed by atoms with E-state index in [4.69, 9.17) is 4.74 Å². The second kappa shape index (κ2) is 8.85. The Morgan fingerprint density at radius 3 is 2.93 bits per heavy atom. The smallest absolute Gasteiger partial charge is 0.259 e. The molecule has 0 bridgehead atoms. The number of pyridine rings is 1. The summed E-state index contributed by atoms with van der Waals surface area (Å²) in [6.45, 7) is 5.09. The molecule has 1 aromatic heterocycles. The molecule has 2 N–H and O–H groups in total. The molecule has 1 amide bonds. The molecule has 3 rings (SSSR count). The lowest BCUT2D eigenvalue weighted by Crippen LogP contribution is -2.49. The Morgan fingerprint density at radius 2 is 2.26 bits per heavy atom. The quantitative estimate of drug-likeness (QED) is 0.829.